The molecule has 0 saturated carbocycles. The van der Waals surface area contributed by atoms with Crippen LogP contribution in [0.5, 0.6) is 0 Å². The van der Waals surface area contributed by atoms with E-state index in [2.05, 4.69) is 5.32 Å². The lowest BCUT2D eigenvalue weighted by Crippen LogP contribution is -2.05. The van der Waals surface area contributed by atoms with Crippen LogP contribution in [-0.2, 0) is 6.54 Å². The van der Waals surface area contributed by atoms with Crippen molar-refractivity contribution in [3.05, 3.63) is 64.8 Å². The Morgan fingerprint density at radius 1 is 1.14 bits per heavy atom. The Morgan fingerprint density at radius 2 is 1.86 bits per heavy atom. The number of rotatable bonds is 4. The Bertz CT molecular complexity index is 813. The smallest absolute Gasteiger partial charge is 0.346 e. The largest absolute Gasteiger partial charge is 0.477 e. The summed E-state index contributed by atoms with van der Waals surface area (Å²) >= 11 is 1.24. The van der Waals surface area contributed by atoms with Gasteiger partial charge in [0.1, 0.15) is 10.7 Å². The number of carbonyl (C=O) groups is 1. The molecule has 0 aliphatic carbocycles. The number of aromatic carboxylic acids is 1. The minimum atomic E-state index is -0.957. The molecule has 0 bridgehead atoms. The molecule has 0 fully saturated rings. The molecule has 0 aliphatic heterocycles. The molecular formula is C16H12FNO2S. The third-order valence-corrected chi connectivity index (χ3v) is 4.42. The zero-order chi connectivity index (χ0) is 14.8. The second-order valence-electron chi connectivity index (χ2n) is 4.54. The van der Waals surface area contributed by atoms with Crippen molar-refractivity contribution in [2.45, 2.75) is 6.54 Å². The van der Waals surface area contributed by atoms with Crippen LogP contribution in [0, 0.1) is 5.82 Å². The number of nitrogens with one attached hydrogen (secondary N) is 1. The molecule has 21 heavy (non-hydrogen) atoms. The van der Waals surface area contributed by atoms with Gasteiger partial charge in [0.15, 0.2) is 0 Å². The summed E-state index contributed by atoms with van der Waals surface area (Å²) in [6, 6.07) is 13.9. The molecule has 2 aromatic carbocycles. The number of halogens is 1. The van der Waals surface area contributed by atoms with E-state index in [0.29, 0.717) is 16.1 Å². The van der Waals surface area contributed by atoms with Crippen LogP contribution >= 0.6 is 11.3 Å². The van der Waals surface area contributed by atoms with Crippen LogP contribution in [-0.4, -0.2) is 11.1 Å². The zero-order valence-corrected chi connectivity index (χ0v) is 11.8. The maximum Gasteiger partial charge on any atom is 0.346 e. The molecule has 3 aromatic rings. The van der Waals surface area contributed by atoms with E-state index in [1.54, 1.807) is 18.2 Å². The minimum Gasteiger partial charge on any atom is -0.477 e. The molecule has 106 valence electrons. The highest BCUT2D eigenvalue weighted by Gasteiger charge is 2.17. The van der Waals surface area contributed by atoms with Crippen molar-refractivity contribution in [3.8, 4) is 0 Å². The molecule has 0 radical (unpaired) electrons. The zero-order valence-electron chi connectivity index (χ0n) is 11.0. The van der Waals surface area contributed by atoms with Crippen LogP contribution in [0.15, 0.2) is 48.5 Å². The highest BCUT2D eigenvalue weighted by molar-refractivity contribution is 7.21. The van der Waals surface area contributed by atoms with Gasteiger partial charge in [0.2, 0.25) is 0 Å². The van der Waals surface area contributed by atoms with Crippen LogP contribution in [0.4, 0.5) is 10.1 Å². The molecule has 1 heterocycles. The molecule has 1 aromatic heterocycles. The highest BCUT2D eigenvalue weighted by Crippen LogP contribution is 2.32. The van der Waals surface area contributed by atoms with Gasteiger partial charge in [-0.1, -0.05) is 30.3 Å². The van der Waals surface area contributed by atoms with E-state index in [1.807, 2.05) is 24.3 Å². The van der Waals surface area contributed by atoms with E-state index < -0.39 is 5.97 Å². The lowest BCUT2D eigenvalue weighted by atomic mass is 10.1. The van der Waals surface area contributed by atoms with Gasteiger partial charge in [0.25, 0.3) is 0 Å². The summed E-state index contributed by atoms with van der Waals surface area (Å²) in [6.07, 6.45) is 0. The summed E-state index contributed by atoms with van der Waals surface area (Å²) in [4.78, 5) is 11.7. The first-order chi connectivity index (χ1) is 10.2. The molecule has 0 aliphatic rings. The van der Waals surface area contributed by atoms with E-state index >= 15 is 0 Å². The number of hydrogen-bond donors (Lipinski definition) is 2. The van der Waals surface area contributed by atoms with E-state index in [0.717, 1.165) is 10.1 Å². The normalized spacial score (nSPS) is 10.7. The SMILES string of the molecule is O=C(O)c1sc2ccccc2c1CNc1ccccc1F. The maximum absolute atomic E-state index is 13.6. The second kappa shape index (κ2) is 5.54. The Kier molecular flexibility index (Phi) is 3.58. The van der Waals surface area contributed by atoms with Gasteiger partial charge in [0.05, 0.1) is 5.69 Å². The molecular weight excluding hydrogens is 289 g/mol. The first kappa shape index (κ1) is 13.6. The molecule has 3 rings (SSSR count). The number of anilines is 1. The van der Waals surface area contributed by atoms with E-state index in [4.69, 9.17) is 0 Å². The molecule has 5 heteroatoms. The predicted octanol–water partition coefficient (Wildman–Crippen LogP) is 4.35. The van der Waals surface area contributed by atoms with Gasteiger partial charge in [-0.15, -0.1) is 11.3 Å². The fourth-order valence-corrected chi connectivity index (χ4v) is 3.30. The minimum absolute atomic E-state index is 0.270. The first-order valence-corrected chi connectivity index (χ1v) is 7.20. The van der Waals surface area contributed by atoms with Crippen molar-refractivity contribution < 1.29 is 14.3 Å². The summed E-state index contributed by atoms with van der Waals surface area (Å²) in [6.45, 7) is 0.270. The van der Waals surface area contributed by atoms with Crippen LogP contribution < -0.4 is 5.32 Å². The predicted molar refractivity (Wildman–Crippen MR) is 82.5 cm³/mol. The number of carboxylic acid groups (broad SMARTS) is 1. The third-order valence-electron chi connectivity index (χ3n) is 3.22. The van der Waals surface area contributed by atoms with Crippen LogP contribution in [0.1, 0.15) is 15.2 Å². The number of carboxylic acids is 1. The monoisotopic (exact) mass is 301 g/mol. The topological polar surface area (TPSA) is 49.3 Å². The molecule has 3 nitrogen and oxygen atoms in total. The van der Waals surface area contributed by atoms with Crippen molar-refractivity contribution >= 4 is 33.1 Å². The van der Waals surface area contributed by atoms with Gasteiger partial charge in [-0.2, -0.15) is 0 Å². The standard InChI is InChI=1S/C16H12FNO2S/c17-12-6-2-3-7-13(12)18-9-11-10-5-1-4-8-14(10)21-15(11)16(19)20/h1-8,18H,9H2,(H,19,20). The van der Waals surface area contributed by atoms with Gasteiger partial charge in [-0.3, -0.25) is 0 Å². The number of para-hydroxylation sites is 1. The number of hydrogen-bond acceptors (Lipinski definition) is 3. The lowest BCUT2D eigenvalue weighted by molar-refractivity contribution is 0.0701. The molecule has 0 spiro atoms. The lowest BCUT2D eigenvalue weighted by Gasteiger charge is -2.07. The summed E-state index contributed by atoms with van der Waals surface area (Å²) in [5.74, 6) is -1.31. The molecule has 0 amide bonds. The summed E-state index contributed by atoms with van der Waals surface area (Å²) in [5.41, 5.74) is 1.05. The van der Waals surface area contributed by atoms with E-state index in [-0.39, 0.29) is 12.4 Å². The van der Waals surface area contributed by atoms with E-state index in [9.17, 15) is 14.3 Å². The van der Waals surface area contributed by atoms with Gasteiger partial charge in [0, 0.05) is 16.8 Å². The Morgan fingerprint density at radius 3 is 2.62 bits per heavy atom. The van der Waals surface area contributed by atoms with E-state index in [1.165, 1.54) is 17.4 Å². The van der Waals surface area contributed by atoms with Crippen LogP contribution in [0.3, 0.4) is 0 Å². The number of benzene rings is 2. The Hall–Kier alpha value is -2.40. The third kappa shape index (κ3) is 2.60. The van der Waals surface area contributed by atoms with Gasteiger partial charge >= 0.3 is 5.97 Å². The van der Waals surface area contributed by atoms with Crippen molar-refractivity contribution in [3.63, 3.8) is 0 Å². The Balaban J connectivity index is 1.98. The van der Waals surface area contributed by atoms with Gasteiger partial charge in [-0.25, -0.2) is 9.18 Å². The highest BCUT2D eigenvalue weighted by atomic mass is 32.1. The van der Waals surface area contributed by atoms with Crippen molar-refractivity contribution in [2.75, 3.05) is 5.32 Å². The average Bonchev–Trinajstić information content (AvgIpc) is 2.85. The number of thiophene rings is 1. The first-order valence-electron chi connectivity index (χ1n) is 6.39. The maximum atomic E-state index is 13.6. The van der Waals surface area contributed by atoms with Gasteiger partial charge in [-0.05, 0) is 23.6 Å². The summed E-state index contributed by atoms with van der Waals surface area (Å²) in [5, 5.41) is 13.2. The van der Waals surface area contributed by atoms with Crippen LogP contribution in [0.2, 0.25) is 0 Å². The van der Waals surface area contributed by atoms with Crippen molar-refractivity contribution in [1.29, 1.82) is 0 Å². The molecule has 2 N–H and O–H groups in total. The Labute approximate surface area is 124 Å². The van der Waals surface area contributed by atoms with Gasteiger partial charge < -0.3 is 10.4 Å². The molecule has 0 saturated heterocycles. The fraction of sp³-hybridized carbons (Fsp3) is 0.0625. The second-order valence-corrected chi connectivity index (χ2v) is 5.60. The van der Waals surface area contributed by atoms with Crippen molar-refractivity contribution in [1.82, 2.24) is 0 Å². The average molecular weight is 301 g/mol. The summed E-state index contributed by atoms with van der Waals surface area (Å²) < 4.78 is 14.5. The van der Waals surface area contributed by atoms with Crippen LogP contribution in [0.25, 0.3) is 10.1 Å². The summed E-state index contributed by atoms with van der Waals surface area (Å²) in [7, 11) is 0. The molecule has 0 atom stereocenters. The van der Waals surface area contributed by atoms with Crippen molar-refractivity contribution in [2.24, 2.45) is 0 Å². The molecule has 0 unspecified atom stereocenters. The fourth-order valence-electron chi connectivity index (χ4n) is 2.24. The quantitative estimate of drug-likeness (QED) is 0.753. The number of fused-ring (bicyclic) bond motifs is 1.